The second-order valence-corrected chi connectivity index (χ2v) is 12.7. The fraction of sp³-hybridized carbons (Fsp3) is 0.871. The van der Waals surface area contributed by atoms with Crippen molar-refractivity contribution in [1.29, 1.82) is 0 Å². The Hall–Kier alpha value is -1.85. The molecule has 2 amide bonds. The number of carboxylic acids is 1. The number of carboxylic acid groups (broad SMARTS) is 1. The van der Waals surface area contributed by atoms with E-state index in [1.165, 1.54) is 62.9 Å². The minimum absolute atomic E-state index is 0.0444. The Labute approximate surface area is 258 Å². The average molecular weight is 619 g/mol. The maximum absolute atomic E-state index is 12.7. The molecule has 0 saturated heterocycles. The predicted octanol–water partition coefficient (Wildman–Crippen LogP) is 5.26. The zero-order valence-electron chi connectivity index (χ0n) is 26.6. The third kappa shape index (κ3) is 28.3. The van der Waals surface area contributed by atoms with Gasteiger partial charge in [0, 0.05) is 19.4 Å². The molecule has 0 aliphatic carbocycles. The van der Waals surface area contributed by atoms with Gasteiger partial charge in [0.2, 0.25) is 11.8 Å². The molecule has 0 aromatic heterocycles. The first-order chi connectivity index (χ1) is 20.0. The average Bonchev–Trinajstić information content (AvgIpc) is 2.91. The van der Waals surface area contributed by atoms with Crippen molar-refractivity contribution in [1.82, 2.24) is 10.6 Å². The molecule has 1 unspecified atom stereocenters. The van der Waals surface area contributed by atoms with E-state index in [4.69, 9.17) is 19.3 Å². The van der Waals surface area contributed by atoms with Crippen LogP contribution < -0.4 is 10.6 Å². The van der Waals surface area contributed by atoms with Crippen molar-refractivity contribution >= 4 is 35.5 Å². The summed E-state index contributed by atoms with van der Waals surface area (Å²) in [5.41, 5.74) is -0.708. The van der Waals surface area contributed by atoms with Crippen LogP contribution in [0.4, 0.5) is 0 Å². The molecule has 0 radical (unpaired) electrons. The molecule has 1 atom stereocenters. The number of aliphatic carboxylic acids is 1. The smallest absolute Gasteiger partial charge is 0.329 e. The van der Waals surface area contributed by atoms with Gasteiger partial charge in [-0.2, -0.15) is 11.8 Å². The number of thioether (sulfide) groups is 1. The number of rotatable bonds is 28. The van der Waals surface area contributed by atoms with Gasteiger partial charge in [-0.05, 0) is 58.0 Å². The summed E-state index contributed by atoms with van der Waals surface area (Å²) in [4.78, 5) is 47.9. The topological polar surface area (TPSA) is 140 Å². The highest BCUT2D eigenvalue weighted by Crippen LogP contribution is 2.14. The fourth-order valence-corrected chi connectivity index (χ4v) is 5.02. The summed E-state index contributed by atoms with van der Waals surface area (Å²) in [6.07, 6.45) is 13.8. The van der Waals surface area contributed by atoms with Crippen LogP contribution in [-0.2, 0) is 33.4 Å². The predicted molar refractivity (Wildman–Crippen MR) is 168 cm³/mol. The van der Waals surface area contributed by atoms with Gasteiger partial charge in [-0.1, -0.05) is 58.3 Å². The first-order valence-corrected chi connectivity index (χ1v) is 16.9. The molecule has 0 bridgehead atoms. The van der Waals surface area contributed by atoms with Crippen molar-refractivity contribution in [2.24, 2.45) is 0 Å². The number of carbonyl (C=O) groups excluding carboxylic acids is 3. The Kier molecular flexibility index (Phi) is 25.6. The number of amides is 2. The van der Waals surface area contributed by atoms with Crippen molar-refractivity contribution < 1.29 is 38.5 Å². The second-order valence-electron chi connectivity index (χ2n) is 11.5. The van der Waals surface area contributed by atoms with Crippen molar-refractivity contribution in [2.45, 2.75) is 129 Å². The fourth-order valence-electron chi connectivity index (χ4n) is 4.00. The van der Waals surface area contributed by atoms with Gasteiger partial charge in [-0.25, -0.2) is 9.59 Å². The van der Waals surface area contributed by atoms with Gasteiger partial charge >= 0.3 is 11.9 Å². The number of unbranched alkanes of at least 4 members (excludes halogenated alkanes) is 9. The normalized spacial score (nSPS) is 12.1. The van der Waals surface area contributed by atoms with Crippen LogP contribution in [0.5, 0.6) is 0 Å². The number of esters is 1. The first-order valence-electron chi connectivity index (χ1n) is 15.8. The van der Waals surface area contributed by atoms with E-state index >= 15 is 0 Å². The Morgan fingerprint density at radius 3 is 1.98 bits per heavy atom. The lowest BCUT2D eigenvalue weighted by Crippen LogP contribution is -2.44. The molecule has 0 rings (SSSR count). The summed E-state index contributed by atoms with van der Waals surface area (Å²) in [7, 11) is 0. The molecule has 0 heterocycles. The van der Waals surface area contributed by atoms with Crippen molar-refractivity contribution in [3.05, 3.63) is 0 Å². The van der Waals surface area contributed by atoms with Gasteiger partial charge in [0.15, 0.2) is 0 Å². The summed E-state index contributed by atoms with van der Waals surface area (Å²) in [6, 6.07) is -0.895. The Morgan fingerprint density at radius 1 is 0.762 bits per heavy atom. The standard InChI is InChI=1S/C31H58N2O8S/c1-5-6-7-8-11-14-23-42-24-15-12-9-10-13-16-28(35)33-26(30(38)41-31(2,3)4)17-18-27(34)32-19-20-39-21-22-40-25-29(36)37/h26H,5-25H2,1-4H3,(H,32,34)(H,33,35)(H,36,37). The second kappa shape index (κ2) is 26.8. The van der Waals surface area contributed by atoms with Gasteiger partial charge in [0.25, 0.3) is 0 Å². The Morgan fingerprint density at radius 2 is 1.36 bits per heavy atom. The molecule has 0 fully saturated rings. The molecule has 0 aromatic rings. The molecular formula is C31H58N2O8S. The van der Waals surface area contributed by atoms with Crippen LogP contribution in [-0.4, -0.2) is 85.0 Å². The number of ether oxygens (including phenoxy) is 3. The molecule has 10 nitrogen and oxygen atoms in total. The lowest BCUT2D eigenvalue weighted by Gasteiger charge is -2.24. The highest BCUT2D eigenvalue weighted by molar-refractivity contribution is 7.99. The van der Waals surface area contributed by atoms with E-state index in [0.29, 0.717) is 6.42 Å². The summed E-state index contributed by atoms with van der Waals surface area (Å²) in [5.74, 6) is 0.392. The zero-order chi connectivity index (χ0) is 31.5. The molecule has 0 aromatic carbocycles. The van der Waals surface area contributed by atoms with E-state index in [2.05, 4.69) is 29.3 Å². The van der Waals surface area contributed by atoms with E-state index in [0.717, 1.165) is 19.3 Å². The number of hydrogen-bond donors (Lipinski definition) is 3. The first kappa shape index (κ1) is 40.1. The van der Waals surface area contributed by atoms with Gasteiger partial charge in [-0.3, -0.25) is 9.59 Å². The van der Waals surface area contributed by atoms with E-state index in [9.17, 15) is 19.2 Å². The molecule has 0 saturated carbocycles. The van der Waals surface area contributed by atoms with E-state index in [1.54, 1.807) is 20.8 Å². The van der Waals surface area contributed by atoms with Crippen LogP contribution in [0.3, 0.4) is 0 Å². The number of nitrogens with one attached hydrogen (secondary N) is 2. The van der Waals surface area contributed by atoms with Crippen molar-refractivity contribution in [3.8, 4) is 0 Å². The van der Waals surface area contributed by atoms with Crippen molar-refractivity contribution in [2.75, 3.05) is 44.5 Å². The lowest BCUT2D eigenvalue weighted by atomic mass is 10.1. The third-order valence-corrected chi connectivity index (χ3v) is 7.34. The summed E-state index contributed by atoms with van der Waals surface area (Å²) in [5, 5.41) is 14.0. The van der Waals surface area contributed by atoms with Gasteiger partial charge < -0.3 is 30.0 Å². The van der Waals surface area contributed by atoms with Crippen LogP contribution in [0.15, 0.2) is 0 Å². The van der Waals surface area contributed by atoms with E-state index in [-0.39, 0.29) is 57.6 Å². The minimum Gasteiger partial charge on any atom is -0.480 e. The molecule has 3 N–H and O–H groups in total. The van der Waals surface area contributed by atoms with Crippen LogP contribution in [0.2, 0.25) is 0 Å². The zero-order valence-corrected chi connectivity index (χ0v) is 27.5. The minimum atomic E-state index is -1.04. The number of hydrogen-bond acceptors (Lipinski definition) is 8. The van der Waals surface area contributed by atoms with Gasteiger partial charge in [0.05, 0.1) is 19.8 Å². The molecular weight excluding hydrogens is 560 g/mol. The summed E-state index contributed by atoms with van der Waals surface area (Å²) in [6.45, 7) is 8.02. The number of carbonyl (C=O) groups is 4. The highest BCUT2D eigenvalue weighted by atomic mass is 32.2. The van der Waals surface area contributed by atoms with Gasteiger partial charge in [-0.15, -0.1) is 0 Å². The molecule has 42 heavy (non-hydrogen) atoms. The molecule has 246 valence electrons. The molecule has 11 heteroatoms. The summed E-state index contributed by atoms with van der Waals surface area (Å²) >= 11 is 2.05. The molecule has 0 aliphatic heterocycles. The van der Waals surface area contributed by atoms with Gasteiger partial charge in [0.1, 0.15) is 18.2 Å². The van der Waals surface area contributed by atoms with E-state index in [1.807, 2.05) is 0 Å². The summed E-state index contributed by atoms with van der Waals surface area (Å²) < 4.78 is 15.6. The Bertz CT molecular complexity index is 730. The molecule has 0 aliphatic rings. The van der Waals surface area contributed by atoms with Crippen LogP contribution in [0.1, 0.15) is 118 Å². The Balaban J connectivity index is 4.14. The van der Waals surface area contributed by atoms with Crippen LogP contribution in [0.25, 0.3) is 0 Å². The SMILES string of the molecule is CCCCCCCCSCCCCCCCC(=O)NC(CCC(=O)NCCOCCOCC(=O)O)C(=O)OC(C)(C)C. The maximum atomic E-state index is 12.7. The highest BCUT2D eigenvalue weighted by Gasteiger charge is 2.27. The quantitative estimate of drug-likeness (QED) is 0.0791. The largest absolute Gasteiger partial charge is 0.480 e. The van der Waals surface area contributed by atoms with Crippen LogP contribution >= 0.6 is 11.8 Å². The third-order valence-electron chi connectivity index (χ3n) is 6.19. The van der Waals surface area contributed by atoms with Crippen LogP contribution in [0, 0.1) is 0 Å². The van der Waals surface area contributed by atoms with Crippen molar-refractivity contribution in [3.63, 3.8) is 0 Å². The molecule has 0 spiro atoms. The monoisotopic (exact) mass is 618 g/mol. The maximum Gasteiger partial charge on any atom is 0.329 e. The lowest BCUT2D eigenvalue weighted by molar-refractivity contribution is -0.159. The van der Waals surface area contributed by atoms with E-state index < -0.39 is 23.6 Å².